The number of amides is 1. The van der Waals surface area contributed by atoms with Crippen molar-refractivity contribution in [3.05, 3.63) is 58.7 Å². The highest BCUT2D eigenvalue weighted by atomic mass is 19.2. The predicted octanol–water partition coefficient (Wildman–Crippen LogP) is 1.78. The Morgan fingerprint density at radius 3 is 2.43 bits per heavy atom. The summed E-state index contributed by atoms with van der Waals surface area (Å²) in [5.41, 5.74) is 0.270. The quantitative estimate of drug-likeness (QED) is 0.842. The molecule has 0 radical (unpaired) electrons. The molecule has 0 saturated carbocycles. The first-order valence-corrected chi connectivity index (χ1v) is 6.50. The van der Waals surface area contributed by atoms with Gasteiger partial charge in [-0.2, -0.15) is 5.26 Å². The number of aliphatic hydroxyl groups is 1. The van der Waals surface area contributed by atoms with Gasteiger partial charge in [-0.25, -0.2) is 13.2 Å². The largest absolute Gasteiger partial charge is 0.394 e. The Bertz CT molecular complexity index is 773. The van der Waals surface area contributed by atoms with Gasteiger partial charge in [0.25, 0.3) is 5.91 Å². The average Bonchev–Trinajstić information content (AvgIpc) is 2.90. The molecule has 1 unspecified atom stereocenters. The molecule has 1 aromatic carbocycles. The van der Waals surface area contributed by atoms with E-state index in [-0.39, 0.29) is 16.8 Å². The minimum Gasteiger partial charge on any atom is -0.394 e. The highest BCUT2D eigenvalue weighted by Gasteiger charge is 2.21. The van der Waals surface area contributed by atoms with E-state index in [1.165, 1.54) is 16.8 Å². The maximum Gasteiger partial charge on any atom is 0.268 e. The van der Waals surface area contributed by atoms with Crippen LogP contribution in [0.5, 0.6) is 0 Å². The number of benzene rings is 1. The van der Waals surface area contributed by atoms with Gasteiger partial charge >= 0.3 is 0 Å². The van der Waals surface area contributed by atoms with Gasteiger partial charge in [0, 0.05) is 13.2 Å². The van der Waals surface area contributed by atoms with Crippen molar-refractivity contribution in [1.82, 2.24) is 9.88 Å². The zero-order valence-electron chi connectivity index (χ0n) is 12.0. The summed E-state index contributed by atoms with van der Waals surface area (Å²) in [6, 6.07) is 3.47. The van der Waals surface area contributed by atoms with Crippen LogP contribution in [0.25, 0.3) is 0 Å². The fraction of sp³-hybridized carbons (Fsp3) is 0.200. The van der Waals surface area contributed by atoms with Crippen LogP contribution in [-0.2, 0) is 7.05 Å². The Labute approximate surface area is 129 Å². The smallest absolute Gasteiger partial charge is 0.268 e. The SMILES string of the molecule is Cn1cc(C#N)cc1C(=O)NC(CO)c1cc(F)c(F)c(F)c1. The Balaban J connectivity index is 2.27. The summed E-state index contributed by atoms with van der Waals surface area (Å²) in [6.45, 7) is -0.647. The lowest BCUT2D eigenvalue weighted by molar-refractivity contribution is 0.0907. The number of nitrogens with one attached hydrogen (secondary N) is 1. The van der Waals surface area contributed by atoms with Crippen LogP contribution in [0.2, 0.25) is 0 Å². The third-order valence-electron chi connectivity index (χ3n) is 3.26. The highest BCUT2D eigenvalue weighted by molar-refractivity contribution is 5.93. The molecule has 2 N–H and O–H groups in total. The van der Waals surface area contributed by atoms with Crippen molar-refractivity contribution in [2.75, 3.05) is 6.61 Å². The van der Waals surface area contributed by atoms with Gasteiger partial charge in [0.15, 0.2) is 17.5 Å². The fourth-order valence-electron chi connectivity index (χ4n) is 2.09. The lowest BCUT2D eigenvalue weighted by atomic mass is 10.1. The van der Waals surface area contributed by atoms with E-state index in [0.717, 1.165) is 0 Å². The Hall–Kier alpha value is -2.79. The number of aryl methyl sites for hydroxylation is 1. The van der Waals surface area contributed by atoms with Crippen molar-refractivity contribution >= 4 is 5.91 Å². The maximum atomic E-state index is 13.3. The van der Waals surface area contributed by atoms with Gasteiger partial charge < -0.3 is 15.0 Å². The van der Waals surface area contributed by atoms with E-state index < -0.39 is 36.0 Å². The van der Waals surface area contributed by atoms with Crippen LogP contribution >= 0.6 is 0 Å². The zero-order chi connectivity index (χ0) is 17.1. The second kappa shape index (κ2) is 6.54. The number of nitrogens with zero attached hydrogens (tertiary/aromatic N) is 2. The van der Waals surface area contributed by atoms with E-state index in [4.69, 9.17) is 5.26 Å². The number of hydrogen-bond donors (Lipinski definition) is 2. The van der Waals surface area contributed by atoms with Gasteiger partial charge in [0.2, 0.25) is 0 Å². The molecule has 8 heteroatoms. The molecule has 0 bridgehead atoms. The van der Waals surface area contributed by atoms with Crippen molar-refractivity contribution in [2.45, 2.75) is 6.04 Å². The molecule has 0 aliphatic carbocycles. The minimum absolute atomic E-state index is 0.119. The number of carbonyl (C=O) groups excluding carboxylic acids is 1. The first kappa shape index (κ1) is 16.6. The van der Waals surface area contributed by atoms with E-state index in [9.17, 15) is 23.1 Å². The third kappa shape index (κ3) is 3.35. The molecule has 0 saturated heterocycles. The number of carbonyl (C=O) groups is 1. The molecule has 0 aliphatic heterocycles. The zero-order valence-corrected chi connectivity index (χ0v) is 12.0. The Morgan fingerprint density at radius 2 is 1.96 bits per heavy atom. The summed E-state index contributed by atoms with van der Waals surface area (Å²) in [4.78, 5) is 12.2. The molecule has 23 heavy (non-hydrogen) atoms. The van der Waals surface area contributed by atoms with E-state index in [2.05, 4.69) is 5.32 Å². The first-order valence-electron chi connectivity index (χ1n) is 6.50. The van der Waals surface area contributed by atoms with E-state index in [0.29, 0.717) is 12.1 Å². The molecule has 5 nitrogen and oxygen atoms in total. The molecule has 0 spiro atoms. The number of halogens is 3. The van der Waals surface area contributed by atoms with Gasteiger partial charge in [-0.05, 0) is 23.8 Å². The molecule has 1 atom stereocenters. The summed E-state index contributed by atoms with van der Waals surface area (Å²) in [6.07, 6.45) is 1.43. The lowest BCUT2D eigenvalue weighted by Crippen LogP contribution is -2.32. The van der Waals surface area contributed by atoms with Crippen molar-refractivity contribution in [2.24, 2.45) is 7.05 Å². The van der Waals surface area contributed by atoms with E-state index >= 15 is 0 Å². The topological polar surface area (TPSA) is 78.0 Å². The lowest BCUT2D eigenvalue weighted by Gasteiger charge is -2.17. The second-order valence-corrected chi connectivity index (χ2v) is 4.84. The number of nitriles is 1. The monoisotopic (exact) mass is 323 g/mol. The van der Waals surface area contributed by atoms with Crippen LogP contribution < -0.4 is 5.32 Å². The molecule has 0 fully saturated rings. The molecular formula is C15H12F3N3O2. The van der Waals surface area contributed by atoms with Crippen molar-refractivity contribution in [3.8, 4) is 6.07 Å². The summed E-state index contributed by atoms with van der Waals surface area (Å²) in [5, 5.41) is 20.5. The van der Waals surface area contributed by atoms with Crippen LogP contribution in [0.15, 0.2) is 24.4 Å². The Morgan fingerprint density at radius 1 is 1.35 bits per heavy atom. The molecular weight excluding hydrogens is 311 g/mol. The van der Waals surface area contributed by atoms with Crippen molar-refractivity contribution in [1.29, 1.82) is 5.26 Å². The maximum absolute atomic E-state index is 13.3. The second-order valence-electron chi connectivity index (χ2n) is 4.84. The molecule has 1 aromatic heterocycles. The van der Waals surface area contributed by atoms with Gasteiger partial charge in [0.1, 0.15) is 11.8 Å². The number of aromatic nitrogens is 1. The molecule has 1 heterocycles. The van der Waals surface area contributed by atoms with Gasteiger partial charge in [-0.15, -0.1) is 0 Å². The van der Waals surface area contributed by atoms with Crippen LogP contribution in [0.4, 0.5) is 13.2 Å². The third-order valence-corrected chi connectivity index (χ3v) is 3.26. The van der Waals surface area contributed by atoms with Gasteiger partial charge in [-0.3, -0.25) is 4.79 Å². The summed E-state index contributed by atoms with van der Waals surface area (Å²) < 4.78 is 40.9. The van der Waals surface area contributed by atoms with Crippen LogP contribution in [0.1, 0.15) is 27.7 Å². The molecule has 1 amide bonds. The summed E-state index contributed by atoms with van der Waals surface area (Å²) >= 11 is 0. The summed E-state index contributed by atoms with van der Waals surface area (Å²) in [5.74, 6) is -5.12. The van der Waals surface area contributed by atoms with Crippen LogP contribution in [0.3, 0.4) is 0 Å². The standard InChI is InChI=1S/C15H12F3N3O2/c1-21-6-8(5-19)2-13(21)15(23)20-12(7-22)9-3-10(16)14(18)11(17)4-9/h2-4,6,12,22H,7H2,1H3,(H,20,23). The molecule has 0 aliphatic rings. The van der Waals surface area contributed by atoms with E-state index in [1.807, 2.05) is 6.07 Å². The van der Waals surface area contributed by atoms with Crippen LogP contribution in [-0.4, -0.2) is 22.2 Å². The minimum atomic E-state index is -1.63. The average molecular weight is 323 g/mol. The van der Waals surface area contributed by atoms with Gasteiger partial charge in [-0.1, -0.05) is 0 Å². The van der Waals surface area contributed by atoms with Crippen molar-refractivity contribution < 1.29 is 23.1 Å². The normalized spacial score (nSPS) is 11.8. The predicted molar refractivity (Wildman–Crippen MR) is 73.7 cm³/mol. The van der Waals surface area contributed by atoms with Crippen molar-refractivity contribution in [3.63, 3.8) is 0 Å². The molecule has 120 valence electrons. The highest BCUT2D eigenvalue weighted by Crippen LogP contribution is 2.20. The molecule has 2 rings (SSSR count). The Kier molecular flexibility index (Phi) is 4.71. The number of aliphatic hydroxyl groups excluding tert-OH is 1. The number of hydrogen-bond acceptors (Lipinski definition) is 3. The number of rotatable bonds is 4. The van der Waals surface area contributed by atoms with Crippen LogP contribution in [0, 0.1) is 28.8 Å². The van der Waals surface area contributed by atoms with E-state index in [1.54, 1.807) is 7.05 Å². The summed E-state index contributed by atoms with van der Waals surface area (Å²) in [7, 11) is 1.54. The van der Waals surface area contributed by atoms with Gasteiger partial charge in [0.05, 0.1) is 18.2 Å². The first-order chi connectivity index (χ1) is 10.9. The molecule has 2 aromatic rings. The fourth-order valence-corrected chi connectivity index (χ4v) is 2.09.